The summed E-state index contributed by atoms with van der Waals surface area (Å²) >= 11 is 0. The van der Waals surface area contributed by atoms with Crippen LogP contribution >= 0.6 is 0 Å². The molecular formula is C15H23N3O3. The van der Waals surface area contributed by atoms with E-state index in [-0.39, 0.29) is 36.0 Å². The number of nitro groups is 1. The van der Waals surface area contributed by atoms with Crippen LogP contribution in [0, 0.1) is 15.5 Å². The molecule has 21 heavy (non-hydrogen) atoms. The zero-order valence-corrected chi connectivity index (χ0v) is 12.8. The highest BCUT2D eigenvalue weighted by Gasteiger charge is 2.19. The fraction of sp³-hybridized carbons (Fsp3) is 0.533. The van der Waals surface area contributed by atoms with E-state index in [1.54, 1.807) is 18.2 Å². The van der Waals surface area contributed by atoms with Crippen LogP contribution in [0.5, 0.6) is 0 Å². The molecule has 0 heterocycles. The van der Waals surface area contributed by atoms with E-state index in [1.807, 2.05) is 0 Å². The van der Waals surface area contributed by atoms with Gasteiger partial charge in [-0.2, -0.15) is 0 Å². The average Bonchev–Trinajstić information content (AvgIpc) is 2.34. The minimum absolute atomic E-state index is 0.0109. The van der Waals surface area contributed by atoms with E-state index in [0.717, 1.165) is 6.42 Å². The predicted octanol–water partition coefficient (Wildman–Crippen LogP) is 2.36. The quantitative estimate of drug-likeness (QED) is 0.621. The lowest BCUT2D eigenvalue weighted by Crippen LogP contribution is -2.34. The van der Waals surface area contributed by atoms with Gasteiger partial charge in [-0.3, -0.25) is 14.9 Å². The summed E-state index contributed by atoms with van der Waals surface area (Å²) in [6, 6.07) is 6.15. The Kier molecular flexibility index (Phi) is 5.84. The van der Waals surface area contributed by atoms with Crippen molar-refractivity contribution < 1.29 is 9.72 Å². The molecule has 0 spiro atoms. The van der Waals surface area contributed by atoms with Crippen molar-refractivity contribution in [3.05, 3.63) is 39.9 Å². The Labute approximate surface area is 124 Å². The Morgan fingerprint density at radius 3 is 2.57 bits per heavy atom. The summed E-state index contributed by atoms with van der Waals surface area (Å²) in [4.78, 5) is 22.3. The van der Waals surface area contributed by atoms with Crippen molar-refractivity contribution in [2.45, 2.75) is 46.2 Å². The van der Waals surface area contributed by atoms with Crippen LogP contribution in [0.3, 0.4) is 0 Å². The first-order valence-electron chi connectivity index (χ1n) is 6.93. The van der Waals surface area contributed by atoms with Gasteiger partial charge < -0.3 is 11.1 Å². The minimum atomic E-state index is -0.452. The highest BCUT2D eigenvalue weighted by molar-refractivity contribution is 5.76. The fourth-order valence-electron chi connectivity index (χ4n) is 2.20. The van der Waals surface area contributed by atoms with Crippen molar-refractivity contribution in [2.24, 2.45) is 11.1 Å². The molecular weight excluding hydrogens is 270 g/mol. The number of nitrogens with zero attached hydrogens (tertiary/aromatic N) is 1. The number of para-hydroxylation sites is 1. The van der Waals surface area contributed by atoms with Crippen molar-refractivity contribution in [1.29, 1.82) is 0 Å². The molecule has 6 nitrogen and oxygen atoms in total. The first-order chi connectivity index (χ1) is 9.69. The van der Waals surface area contributed by atoms with Gasteiger partial charge >= 0.3 is 0 Å². The van der Waals surface area contributed by atoms with E-state index in [2.05, 4.69) is 26.1 Å². The maximum Gasteiger partial charge on any atom is 0.274 e. The van der Waals surface area contributed by atoms with Crippen molar-refractivity contribution >= 4 is 11.6 Å². The third kappa shape index (κ3) is 6.35. The van der Waals surface area contributed by atoms with Crippen molar-refractivity contribution in [2.75, 3.05) is 0 Å². The van der Waals surface area contributed by atoms with E-state index >= 15 is 0 Å². The van der Waals surface area contributed by atoms with Crippen LogP contribution in [-0.2, 0) is 11.3 Å². The molecule has 6 heteroatoms. The van der Waals surface area contributed by atoms with E-state index in [1.165, 1.54) is 6.07 Å². The van der Waals surface area contributed by atoms with Gasteiger partial charge in [0.15, 0.2) is 0 Å². The number of hydrogen-bond donors (Lipinski definition) is 2. The van der Waals surface area contributed by atoms with Crippen LogP contribution in [0.2, 0.25) is 0 Å². The molecule has 3 N–H and O–H groups in total. The van der Waals surface area contributed by atoms with Gasteiger partial charge in [-0.25, -0.2) is 0 Å². The topological polar surface area (TPSA) is 98.3 Å². The van der Waals surface area contributed by atoms with Crippen LogP contribution in [-0.4, -0.2) is 16.9 Å². The third-order valence-corrected chi connectivity index (χ3v) is 2.99. The molecule has 1 aromatic rings. The van der Waals surface area contributed by atoms with Crippen LogP contribution in [0.1, 0.15) is 39.2 Å². The zero-order chi connectivity index (χ0) is 16.0. The number of rotatable bonds is 6. The average molecular weight is 293 g/mol. The number of nitro benzene ring substituents is 1. The summed E-state index contributed by atoms with van der Waals surface area (Å²) in [5, 5.41) is 13.6. The van der Waals surface area contributed by atoms with Crippen LogP contribution in [0.4, 0.5) is 5.69 Å². The minimum Gasteiger partial charge on any atom is -0.352 e. The summed E-state index contributed by atoms with van der Waals surface area (Å²) in [5.41, 5.74) is 6.50. The zero-order valence-electron chi connectivity index (χ0n) is 12.8. The lowest BCUT2D eigenvalue weighted by molar-refractivity contribution is -0.385. The molecule has 0 aromatic heterocycles. The smallest absolute Gasteiger partial charge is 0.274 e. The SMILES string of the molecule is CC(C)(C)CC(N)CC(=O)NCc1ccccc1[N+](=O)[O-]. The van der Waals surface area contributed by atoms with E-state index < -0.39 is 4.92 Å². The molecule has 0 aliphatic rings. The maximum absolute atomic E-state index is 11.8. The van der Waals surface area contributed by atoms with Gasteiger partial charge in [0.2, 0.25) is 5.91 Å². The molecule has 0 bridgehead atoms. The first-order valence-corrected chi connectivity index (χ1v) is 6.93. The molecule has 1 atom stereocenters. The van der Waals surface area contributed by atoms with Crippen LogP contribution in [0.15, 0.2) is 24.3 Å². The number of carbonyl (C=O) groups is 1. The Morgan fingerprint density at radius 1 is 1.38 bits per heavy atom. The fourth-order valence-corrected chi connectivity index (χ4v) is 2.20. The molecule has 1 rings (SSSR count). The molecule has 0 saturated heterocycles. The van der Waals surface area contributed by atoms with Gasteiger partial charge in [0.1, 0.15) is 0 Å². The number of nitrogens with two attached hydrogens (primary N) is 1. The lowest BCUT2D eigenvalue weighted by Gasteiger charge is -2.22. The molecule has 0 aliphatic heterocycles. The second kappa shape index (κ2) is 7.17. The number of carbonyl (C=O) groups excluding carboxylic acids is 1. The molecule has 0 aliphatic carbocycles. The summed E-state index contributed by atoms with van der Waals surface area (Å²) in [5.74, 6) is -0.190. The summed E-state index contributed by atoms with van der Waals surface area (Å²) in [6.07, 6.45) is 0.962. The van der Waals surface area contributed by atoms with E-state index in [0.29, 0.717) is 5.56 Å². The largest absolute Gasteiger partial charge is 0.352 e. The second-order valence-corrected chi connectivity index (χ2v) is 6.39. The van der Waals surface area contributed by atoms with Gasteiger partial charge in [-0.05, 0) is 11.8 Å². The van der Waals surface area contributed by atoms with E-state index in [9.17, 15) is 14.9 Å². The molecule has 1 unspecified atom stereocenters. The lowest BCUT2D eigenvalue weighted by atomic mass is 9.87. The van der Waals surface area contributed by atoms with Crippen LogP contribution in [0.25, 0.3) is 0 Å². The van der Waals surface area contributed by atoms with Gasteiger partial charge in [0.25, 0.3) is 5.69 Å². The highest BCUT2D eigenvalue weighted by Crippen LogP contribution is 2.21. The van der Waals surface area contributed by atoms with Gasteiger partial charge in [-0.1, -0.05) is 39.0 Å². The Morgan fingerprint density at radius 2 is 2.00 bits per heavy atom. The number of amides is 1. The van der Waals surface area contributed by atoms with Gasteiger partial charge in [0, 0.05) is 30.6 Å². The standard InChI is InChI=1S/C15H23N3O3/c1-15(2,3)9-12(16)8-14(19)17-10-11-6-4-5-7-13(11)18(20)21/h4-7,12H,8-10,16H2,1-3H3,(H,17,19). The van der Waals surface area contributed by atoms with Crippen LogP contribution < -0.4 is 11.1 Å². The molecule has 0 fully saturated rings. The summed E-state index contributed by atoms with van der Waals surface area (Å²) in [6.45, 7) is 6.34. The predicted molar refractivity (Wildman–Crippen MR) is 81.6 cm³/mol. The summed E-state index contributed by atoms with van der Waals surface area (Å²) in [7, 11) is 0. The van der Waals surface area contributed by atoms with Crippen molar-refractivity contribution in [3.8, 4) is 0 Å². The normalized spacial score (nSPS) is 12.8. The maximum atomic E-state index is 11.8. The van der Waals surface area contributed by atoms with Gasteiger partial charge in [0.05, 0.1) is 4.92 Å². The molecule has 116 valence electrons. The molecule has 0 saturated carbocycles. The number of hydrogen-bond acceptors (Lipinski definition) is 4. The third-order valence-electron chi connectivity index (χ3n) is 2.99. The van der Waals surface area contributed by atoms with Crippen molar-refractivity contribution in [1.82, 2.24) is 5.32 Å². The molecule has 0 radical (unpaired) electrons. The molecule has 1 amide bonds. The Bertz CT molecular complexity index is 509. The molecule has 1 aromatic carbocycles. The number of benzene rings is 1. The Balaban J connectivity index is 2.52. The highest BCUT2D eigenvalue weighted by atomic mass is 16.6. The summed E-state index contributed by atoms with van der Waals surface area (Å²) < 4.78 is 0. The second-order valence-electron chi connectivity index (χ2n) is 6.39. The van der Waals surface area contributed by atoms with E-state index in [4.69, 9.17) is 5.73 Å². The van der Waals surface area contributed by atoms with Gasteiger partial charge in [-0.15, -0.1) is 0 Å². The monoisotopic (exact) mass is 293 g/mol. The van der Waals surface area contributed by atoms with Crippen molar-refractivity contribution in [3.63, 3.8) is 0 Å². The number of nitrogens with one attached hydrogen (secondary N) is 1. The Hall–Kier alpha value is -1.95. The first kappa shape index (κ1) is 17.1.